The topological polar surface area (TPSA) is 83.6 Å². The van der Waals surface area contributed by atoms with Crippen LogP contribution in [0.3, 0.4) is 0 Å². The molecule has 1 aliphatic rings. The molecule has 1 amide bonds. The van der Waals surface area contributed by atoms with Gasteiger partial charge in [-0.2, -0.15) is 4.68 Å². The predicted octanol–water partition coefficient (Wildman–Crippen LogP) is 3.70. The van der Waals surface area contributed by atoms with Crippen LogP contribution in [0.25, 0.3) is 5.69 Å². The highest BCUT2D eigenvalue weighted by molar-refractivity contribution is 6.34. The molecular weight excluding hydrogens is 468 g/mol. The van der Waals surface area contributed by atoms with Crippen LogP contribution in [-0.4, -0.2) is 38.1 Å². The van der Waals surface area contributed by atoms with Crippen molar-refractivity contribution in [3.63, 3.8) is 0 Å². The monoisotopic (exact) mass is 491 g/mol. The zero-order chi connectivity index (χ0) is 24.7. The van der Waals surface area contributed by atoms with Crippen LogP contribution in [0, 0.1) is 11.6 Å². The third kappa shape index (κ3) is 3.76. The van der Waals surface area contributed by atoms with Crippen molar-refractivity contribution in [3.8, 4) is 5.69 Å². The largest absolute Gasteiger partial charge is 0.388 e. The first kappa shape index (κ1) is 23.9. The van der Waals surface area contributed by atoms with Gasteiger partial charge in [-0.25, -0.2) is 13.6 Å². The maximum atomic E-state index is 15.3. The first-order valence-electron chi connectivity index (χ1n) is 10.9. The van der Waals surface area contributed by atoms with Gasteiger partial charge in [-0.3, -0.25) is 14.3 Å². The van der Waals surface area contributed by atoms with Gasteiger partial charge in [0.1, 0.15) is 29.6 Å². The number of para-hydroxylation sites is 1. The van der Waals surface area contributed by atoms with E-state index in [2.05, 4.69) is 5.10 Å². The van der Waals surface area contributed by atoms with E-state index >= 15 is 4.39 Å². The number of aromatic nitrogens is 3. The predicted molar refractivity (Wildman–Crippen MR) is 125 cm³/mol. The summed E-state index contributed by atoms with van der Waals surface area (Å²) in [4.78, 5) is 29.2. The van der Waals surface area contributed by atoms with E-state index in [1.54, 1.807) is 6.92 Å². The lowest BCUT2D eigenvalue weighted by atomic mass is 10.0. The Balaban J connectivity index is 1.91. The highest BCUT2D eigenvalue weighted by atomic mass is 35.5. The Morgan fingerprint density at radius 3 is 2.47 bits per heavy atom. The summed E-state index contributed by atoms with van der Waals surface area (Å²) in [5, 5.41) is 13.7. The lowest BCUT2D eigenvalue weighted by Gasteiger charge is -2.41. The second kappa shape index (κ2) is 9.19. The van der Waals surface area contributed by atoms with Crippen molar-refractivity contribution in [1.82, 2.24) is 14.3 Å². The third-order valence-electron chi connectivity index (χ3n) is 6.10. The van der Waals surface area contributed by atoms with Gasteiger partial charge in [0.2, 0.25) is 0 Å². The summed E-state index contributed by atoms with van der Waals surface area (Å²) in [5.41, 5.74) is -0.435. The number of nitrogens with zero attached hydrogens (tertiary/aromatic N) is 5. The van der Waals surface area contributed by atoms with Gasteiger partial charge in [0.05, 0.1) is 22.9 Å². The van der Waals surface area contributed by atoms with Gasteiger partial charge in [0, 0.05) is 12.6 Å². The second-order valence-corrected chi connectivity index (χ2v) is 8.41. The van der Waals surface area contributed by atoms with Gasteiger partial charge in [-0.1, -0.05) is 24.6 Å². The van der Waals surface area contributed by atoms with Crippen molar-refractivity contribution in [2.75, 3.05) is 16.5 Å². The maximum absolute atomic E-state index is 15.3. The quantitative estimate of drug-likeness (QED) is 0.568. The van der Waals surface area contributed by atoms with Crippen LogP contribution in [0.2, 0.25) is 5.02 Å². The van der Waals surface area contributed by atoms with Gasteiger partial charge in [0.25, 0.3) is 5.91 Å². The molecule has 8 nitrogen and oxygen atoms in total. The number of halogens is 3. The molecule has 0 aliphatic carbocycles. The number of aliphatic hydroxyl groups is 1. The first-order chi connectivity index (χ1) is 16.2. The molecule has 34 heavy (non-hydrogen) atoms. The number of fused-ring (bicyclic) bond motifs is 1. The van der Waals surface area contributed by atoms with Gasteiger partial charge >= 0.3 is 5.69 Å². The highest BCUT2D eigenvalue weighted by Gasteiger charge is 2.36. The number of rotatable bonds is 6. The fourth-order valence-electron chi connectivity index (χ4n) is 4.11. The van der Waals surface area contributed by atoms with Crippen LogP contribution in [-0.2, 0) is 13.2 Å². The minimum absolute atomic E-state index is 0.0116. The summed E-state index contributed by atoms with van der Waals surface area (Å²) in [6.45, 7) is 5.32. The van der Waals surface area contributed by atoms with E-state index in [0.29, 0.717) is 12.1 Å². The summed E-state index contributed by atoms with van der Waals surface area (Å²) < 4.78 is 32.1. The van der Waals surface area contributed by atoms with E-state index in [9.17, 15) is 19.1 Å². The van der Waals surface area contributed by atoms with Crippen molar-refractivity contribution in [1.29, 1.82) is 0 Å². The van der Waals surface area contributed by atoms with Gasteiger partial charge in [-0.15, -0.1) is 5.10 Å². The zero-order valence-electron chi connectivity index (χ0n) is 18.9. The lowest BCUT2D eigenvalue weighted by molar-refractivity contribution is 0.0980. The van der Waals surface area contributed by atoms with Crippen LogP contribution in [0.15, 0.2) is 35.1 Å². The van der Waals surface area contributed by atoms with Crippen molar-refractivity contribution in [2.45, 2.75) is 46.4 Å². The van der Waals surface area contributed by atoms with Crippen molar-refractivity contribution in [2.24, 2.45) is 0 Å². The molecule has 2 aromatic carbocycles. The molecule has 4 rings (SSSR count). The Labute approximate surface area is 199 Å². The molecule has 1 aliphatic heterocycles. The van der Waals surface area contributed by atoms with E-state index in [1.165, 1.54) is 33.7 Å². The molecule has 0 bridgehead atoms. The van der Waals surface area contributed by atoms with Crippen LogP contribution in [0.4, 0.5) is 20.2 Å². The molecule has 2 heterocycles. The van der Waals surface area contributed by atoms with Crippen LogP contribution < -0.4 is 15.5 Å². The Morgan fingerprint density at radius 1 is 1.15 bits per heavy atom. The minimum Gasteiger partial charge on any atom is -0.388 e. The molecule has 0 saturated heterocycles. The molecule has 0 radical (unpaired) electrons. The molecule has 180 valence electrons. The van der Waals surface area contributed by atoms with Crippen molar-refractivity contribution >= 4 is 28.9 Å². The normalized spacial score (nSPS) is 14.5. The SMILES string of the molecule is CC[C@H](C)N1CN(c2c(F)cccc2Cl)C(=O)c2cc(F)c(-n3nc(CO)n(CC)c3=O)cc21. The molecule has 3 aromatic rings. The van der Waals surface area contributed by atoms with Crippen LogP contribution in [0.5, 0.6) is 0 Å². The molecule has 0 unspecified atom stereocenters. The van der Waals surface area contributed by atoms with Crippen LogP contribution >= 0.6 is 11.6 Å². The number of anilines is 2. The number of aliphatic hydroxyl groups excluding tert-OH is 1. The van der Waals surface area contributed by atoms with E-state index < -0.39 is 29.8 Å². The molecule has 11 heteroatoms. The first-order valence-corrected chi connectivity index (χ1v) is 11.3. The molecule has 1 atom stereocenters. The Hall–Kier alpha value is -3.24. The van der Waals surface area contributed by atoms with Gasteiger partial charge in [0.15, 0.2) is 5.82 Å². The summed E-state index contributed by atoms with van der Waals surface area (Å²) in [6.07, 6.45) is 0.679. The number of hydrogen-bond acceptors (Lipinski definition) is 5. The molecule has 0 saturated carbocycles. The summed E-state index contributed by atoms with van der Waals surface area (Å²) in [6, 6.07) is 6.43. The summed E-state index contributed by atoms with van der Waals surface area (Å²) in [7, 11) is 0. The number of carbonyl (C=O) groups excluding carboxylic acids is 1. The second-order valence-electron chi connectivity index (χ2n) is 8.01. The van der Waals surface area contributed by atoms with E-state index in [-0.39, 0.29) is 47.0 Å². The minimum atomic E-state index is -0.856. The Kier molecular flexibility index (Phi) is 6.46. The van der Waals surface area contributed by atoms with E-state index in [4.69, 9.17) is 11.6 Å². The lowest BCUT2D eigenvalue weighted by Crippen LogP contribution is -2.50. The fourth-order valence-corrected chi connectivity index (χ4v) is 4.37. The average molecular weight is 492 g/mol. The molecular formula is C23H24ClF2N5O3. The summed E-state index contributed by atoms with van der Waals surface area (Å²) in [5.74, 6) is -2.04. The molecule has 0 spiro atoms. The highest BCUT2D eigenvalue weighted by Crippen LogP contribution is 2.38. The molecule has 1 aromatic heterocycles. The van der Waals surface area contributed by atoms with Gasteiger partial charge in [-0.05, 0) is 44.5 Å². The summed E-state index contributed by atoms with van der Waals surface area (Å²) >= 11 is 6.22. The Bertz CT molecular complexity index is 1300. The number of benzene rings is 2. The van der Waals surface area contributed by atoms with Gasteiger partial charge < -0.3 is 10.0 Å². The maximum Gasteiger partial charge on any atom is 0.350 e. The average Bonchev–Trinajstić information content (AvgIpc) is 3.14. The van der Waals surface area contributed by atoms with Crippen LogP contribution in [0.1, 0.15) is 43.4 Å². The standard InChI is InChI=1S/C23H24ClF2N5O3/c1-4-13(3)29-12-30(21-15(24)7-6-8-16(21)25)22(33)14-9-17(26)19(10-18(14)29)31-23(34)28(5-2)20(11-32)27-31/h6-10,13,32H,4-5,11-12H2,1-3H3/t13-/m0/s1. The number of hydrogen-bond donors (Lipinski definition) is 1. The smallest absolute Gasteiger partial charge is 0.350 e. The van der Waals surface area contributed by atoms with Crippen molar-refractivity contribution in [3.05, 3.63) is 68.9 Å². The van der Waals surface area contributed by atoms with Crippen molar-refractivity contribution < 1.29 is 18.7 Å². The zero-order valence-corrected chi connectivity index (χ0v) is 19.7. The number of carbonyl (C=O) groups is 1. The van der Waals surface area contributed by atoms with E-state index in [0.717, 1.165) is 10.7 Å². The fraction of sp³-hybridized carbons (Fsp3) is 0.348. The number of amides is 1. The van der Waals surface area contributed by atoms with E-state index in [1.807, 2.05) is 18.7 Å². The Morgan fingerprint density at radius 2 is 1.88 bits per heavy atom. The molecule has 0 fully saturated rings. The third-order valence-corrected chi connectivity index (χ3v) is 6.40. The molecule has 1 N–H and O–H groups in total.